The molecule has 0 bridgehead atoms. The highest BCUT2D eigenvalue weighted by atomic mass is 14.8. The van der Waals surface area contributed by atoms with Gasteiger partial charge in [-0.15, -0.1) is 0 Å². The molecule has 24 heavy (non-hydrogen) atoms. The van der Waals surface area contributed by atoms with Gasteiger partial charge in [0, 0.05) is 10.6 Å². The van der Waals surface area contributed by atoms with Crippen molar-refractivity contribution < 1.29 is 0 Å². The van der Waals surface area contributed by atoms with Crippen LogP contribution < -0.4 is 21.3 Å². The van der Waals surface area contributed by atoms with Crippen molar-refractivity contribution in [3.8, 4) is 0 Å². The largest absolute Gasteiger partial charge is 0.354 e. The molecule has 1 aromatic heterocycles. The molecular weight excluding hydrogens is 292 g/mol. The predicted molar refractivity (Wildman–Crippen MR) is 100 cm³/mol. The molecule has 1 aliphatic heterocycles. The number of H-pyrrole nitrogens is 1. The quantitative estimate of drug-likeness (QED) is 0.881. The van der Waals surface area contributed by atoms with E-state index in [9.17, 15) is 0 Å². The minimum absolute atomic E-state index is 1.02. The van der Waals surface area contributed by atoms with Gasteiger partial charge < -0.3 is 4.98 Å². The SMILES string of the molecule is CCc1cc(=C2C=c3ccccc3=N2)[nH]/c1=C\C1=C(C)C=C(C)C1. The van der Waals surface area contributed by atoms with E-state index in [2.05, 4.69) is 68.2 Å². The number of hydrogen-bond acceptors (Lipinski definition) is 1. The minimum atomic E-state index is 1.02. The third-order valence-corrected chi connectivity index (χ3v) is 4.82. The van der Waals surface area contributed by atoms with Crippen LogP contribution in [0, 0.1) is 0 Å². The number of allylic oxidation sites excluding steroid dienone is 4. The van der Waals surface area contributed by atoms with Crippen LogP contribution in [0.1, 0.15) is 32.8 Å². The topological polar surface area (TPSA) is 28.1 Å². The van der Waals surface area contributed by atoms with Crippen molar-refractivity contribution in [3.63, 3.8) is 0 Å². The lowest BCUT2D eigenvalue weighted by Crippen LogP contribution is -2.19. The van der Waals surface area contributed by atoms with Gasteiger partial charge in [0.05, 0.1) is 16.4 Å². The van der Waals surface area contributed by atoms with Gasteiger partial charge in [-0.3, -0.25) is 0 Å². The molecule has 1 aliphatic carbocycles. The Bertz CT molecular complexity index is 1080. The normalized spacial score (nSPS) is 19.3. The zero-order valence-electron chi connectivity index (χ0n) is 14.5. The third-order valence-electron chi connectivity index (χ3n) is 4.82. The van der Waals surface area contributed by atoms with Crippen LogP contribution in [0.25, 0.3) is 17.8 Å². The van der Waals surface area contributed by atoms with Gasteiger partial charge in [0.15, 0.2) is 0 Å². The van der Waals surface area contributed by atoms with Crippen molar-refractivity contribution in [2.24, 2.45) is 4.99 Å². The fourth-order valence-corrected chi connectivity index (χ4v) is 3.52. The molecule has 2 nitrogen and oxygen atoms in total. The Morgan fingerprint density at radius 1 is 1.17 bits per heavy atom. The second kappa shape index (κ2) is 5.79. The van der Waals surface area contributed by atoms with Crippen molar-refractivity contribution in [1.29, 1.82) is 0 Å². The number of nitrogens with one attached hydrogen (secondary N) is 1. The van der Waals surface area contributed by atoms with Crippen molar-refractivity contribution >= 4 is 17.8 Å². The van der Waals surface area contributed by atoms with E-state index < -0.39 is 0 Å². The van der Waals surface area contributed by atoms with Gasteiger partial charge in [-0.1, -0.05) is 36.8 Å². The summed E-state index contributed by atoms with van der Waals surface area (Å²) in [5.74, 6) is 0. The maximum atomic E-state index is 4.76. The monoisotopic (exact) mass is 314 g/mol. The summed E-state index contributed by atoms with van der Waals surface area (Å²) < 4.78 is 0. The first-order valence-electron chi connectivity index (χ1n) is 8.60. The summed E-state index contributed by atoms with van der Waals surface area (Å²) in [5.41, 5.74) is 6.60. The molecule has 120 valence electrons. The smallest absolute Gasteiger partial charge is 0.0878 e. The Labute approximate surface area is 142 Å². The van der Waals surface area contributed by atoms with Crippen LogP contribution in [0.4, 0.5) is 0 Å². The molecule has 1 aromatic carbocycles. The highest BCUT2D eigenvalue weighted by Crippen LogP contribution is 2.25. The standard InChI is InChI=1S/C22H22N2/c1-4-16-11-21(22-12-17-7-5-6-8-19(17)23-22)24-20(16)13-18-10-14(2)9-15(18)3/h5-9,11-13,24H,4,10H2,1-3H3/b20-13-,22-21?. The van der Waals surface area contributed by atoms with Gasteiger partial charge in [-0.05, 0) is 67.7 Å². The maximum absolute atomic E-state index is 4.76. The molecule has 0 saturated heterocycles. The highest BCUT2D eigenvalue weighted by Gasteiger charge is 2.09. The summed E-state index contributed by atoms with van der Waals surface area (Å²) in [6, 6.07) is 10.5. The number of aromatic nitrogens is 1. The average molecular weight is 314 g/mol. The van der Waals surface area contributed by atoms with E-state index in [1.165, 1.54) is 32.9 Å². The second-order valence-electron chi connectivity index (χ2n) is 6.70. The van der Waals surface area contributed by atoms with Crippen LogP contribution in [0.5, 0.6) is 0 Å². The Morgan fingerprint density at radius 3 is 2.71 bits per heavy atom. The van der Waals surface area contributed by atoms with E-state index in [1.807, 2.05) is 6.07 Å². The number of fused-ring (bicyclic) bond motifs is 1. The summed E-state index contributed by atoms with van der Waals surface area (Å²) in [7, 11) is 0. The molecule has 4 rings (SSSR count). The summed E-state index contributed by atoms with van der Waals surface area (Å²) >= 11 is 0. The molecule has 2 aliphatic rings. The summed E-state index contributed by atoms with van der Waals surface area (Å²) in [4.78, 5) is 8.36. The lowest BCUT2D eigenvalue weighted by Gasteiger charge is -1.97. The molecule has 2 heteroatoms. The molecule has 0 unspecified atom stereocenters. The fraction of sp³-hybridized carbons (Fsp3) is 0.227. The molecule has 0 spiro atoms. The van der Waals surface area contributed by atoms with Crippen LogP contribution in [-0.4, -0.2) is 4.98 Å². The first kappa shape index (κ1) is 14.9. The van der Waals surface area contributed by atoms with Gasteiger partial charge in [0.2, 0.25) is 0 Å². The van der Waals surface area contributed by atoms with Crippen LogP contribution >= 0.6 is 0 Å². The number of rotatable bonds is 2. The number of aryl methyl sites for hydroxylation is 1. The lowest BCUT2D eigenvalue weighted by atomic mass is 10.1. The van der Waals surface area contributed by atoms with E-state index in [4.69, 9.17) is 4.99 Å². The molecule has 0 fully saturated rings. The fourth-order valence-electron chi connectivity index (χ4n) is 3.52. The lowest BCUT2D eigenvalue weighted by molar-refractivity contribution is 1.11. The van der Waals surface area contributed by atoms with E-state index in [-0.39, 0.29) is 0 Å². The van der Waals surface area contributed by atoms with Crippen LogP contribution in [0.3, 0.4) is 0 Å². The molecule has 0 amide bonds. The Balaban J connectivity index is 1.88. The summed E-state index contributed by atoms with van der Waals surface area (Å²) in [6.07, 6.45) is 8.83. The zero-order chi connectivity index (χ0) is 16.7. The Morgan fingerprint density at radius 2 is 2.00 bits per heavy atom. The highest BCUT2D eigenvalue weighted by molar-refractivity contribution is 5.76. The molecule has 0 atom stereocenters. The summed E-state index contributed by atoms with van der Waals surface area (Å²) in [6.45, 7) is 6.60. The van der Waals surface area contributed by atoms with Gasteiger partial charge in [0.25, 0.3) is 0 Å². The van der Waals surface area contributed by atoms with Crippen LogP contribution in [-0.2, 0) is 6.42 Å². The second-order valence-corrected chi connectivity index (χ2v) is 6.70. The van der Waals surface area contributed by atoms with E-state index in [0.29, 0.717) is 0 Å². The maximum Gasteiger partial charge on any atom is 0.0878 e. The van der Waals surface area contributed by atoms with Gasteiger partial charge in [-0.25, -0.2) is 4.99 Å². The van der Waals surface area contributed by atoms with Crippen molar-refractivity contribution in [2.75, 3.05) is 0 Å². The van der Waals surface area contributed by atoms with E-state index in [0.717, 1.165) is 29.2 Å². The van der Waals surface area contributed by atoms with Crippen molar-refractivity contribution in [1.82, 2.24) is 4.98 Å². The number of hydrogen-bond donors (Lipinski definition) is 1. The number of nitrogens with zero attached hydrogens (tertiary/aromatic N) is 1. The van der Waals surface area contributed by atoms with Crippen LogP contribution in [0.2, 0.25) is 0 Å². The first-order valence-corrected chi connectivity index (χ1v) is 8.60. The van der Waals surface area contributed by atoms with Gasteiger partial charge in [-0.2, -0.15) is 0 Å². The molecule has 2 aromatic rings. The zero-order valence-corrected chi connectivity index (χ0v) is 14.5. The predicted octanol–water partition coefficient (Wildman–Crippen LogP) is 2.25. The number of benzene rings is 1. The Kier molecular flexibility index (Phi) is 3.61. The van der Waals surface area contributed by atoms with Crippen LogP contribution in [0.15, 0.2) is 58.1 Å². The molecule has 0 saturated carbocycles. The average Bonchev–Trinajstić information content (AvgIpc) is 3.24. The number of para-hydroxylation sites is 1. The van der Waals surface area contributed by atoms with Gasteiger partial charge in [0.1, 0.15) is 0 Å². The molecule has 1 N–H and O–H groups in total. The number of aromatic amines is 1. The van der Waals surface area contributed by atoms with E-state index >= 15 is 0 Å². The Hall–Kier alpha value is -2.61. The van der Waals surface area contributed by atoms with E-state index in [1.54, 1.807) is 0 Å². The van der Waals surface area contributed by atoms with Crippen molar-refractivity contribution in [3.05, 3.63) is 80.0 Å². The summed E-state index contributed by atoms with van der Waals surface area (Å²) in [5, 5.41) is 4.58. The molecular formula is C22H22N2. The molecule has 2 heterocycles. The minimum Gasteiger partial charge on any atom is -0.354 e. The van der Waals surface area contributed by atoms with Gasteiger partial charge >= 0.3 is 0 Å². The third kappa shape index (κ3) is 2.58. The first-order chi connectivity index (χ1) is 11.6. The van der Waals surface area contributed by atoms with Crippen molar-refractivity contribution in [2.45, 2.75) is 33.6 Å². The molecule has 0 radical (unpaired) electrons.